The number of pyridine rings is 1. The number of thioether (sulfide) groups is 1. The monoisotopic (exact) mass is 240 g/mol. The van der Waals surface area contributed by atoms with Gasteiger partial charge >= 0.3 is 0 Å². The van der Waals surface area contributed by atoms with Gasteiger partial charge in [0.05, 0.1) is 0 Å². The summed E-state index contributed by atoms with van der Waals surface area (Å²) in [6.45, 7) is 2.06. The first-order valence-corrected chi connectivity index (χ1v) is 5.87. The second kappa shape index (κ2) is 6.34. The van der Waals surface area contributed by atoms with E-state index in [9.17, 15) is 4.79 Å². The van der Waals surface area contributed by atoms with Crippen molar-refractivity contribution >= 4 is 23.5 Å². The maximum Gasteiger partial charge on any atom is 0.233 e. The van der Waals surface area contributed by atoms with Crippen molar-refractivity contribution in [2.75, 3.05) is 5.73 Å². The van der Waals surface area contributed by atoms with Crippen LogP contribution in [0.2, 0.25) is 0 Å². The molecule has 0 radical (unpaired) electrons. The van der Waals surface area contributed by atoms with Crippen LogP contribution >= 0.6 is 11.8 Å². The Labute approximate surface area is 99.0 Å². The van der Waals surface area contributed by atoms with Crippen LogP contribution in [0.3, 0.4) is 0 Å². The Morgan fingerprint density at radius 1 is 1.62 bits per heavy atom. The number of carbonyl (C=O) groups excluding carboxylic acids is 1. The predicted octanol–water partition coefficient (Wildman–Crippen LogP) is 0.914. The van der Waals surface area contributed by atoms with Crippen molar-refractivity contribution in [3.05, 3.63) is 18.3 Å². The van der Waals surface area contributed by atoms with Gasteiger partial charge < -0.3 is 5.73 Å². The van der Waals surface area contributed by atoms with Crippen LogP contribution in [0.1, 0.15) is 19.8 Å². The summed E-state index contributed by atoms with van der Waals surface area (Å²) in [5.74, 6) is 5.37. The molecular weight excluding hydrogens is 224 g/mol. The van der Waals surface area contributed by atoms with Gasteiger partial charge in [0.15, 0.2) is 0 Å². The number of nitrogens with one attached hydrogen (secondary N) is 1. The van der Waals surface area contributed by atoms with Gasteiger partial charge in [-0.05, 0) is 18.6 Å². The molecule has 0 aliphatic carbocycles. The highest BCUT2D eigenvalue weighted by atomic mass is 32.2. The third kappa shape index (κ3) is 4.50. The summed E-state index contributed by atoms with van der Waals surface area (Å²) in [5.41, 5.74) is 7.60. The van der Waals surface area contributed by atoms with E-state index in [2.05, 4.69) is 17.3 Å². The van der Waals surface area contributed by atoms with E-state index >= 15 is 0 Å². The molecule has 1 atom stereocenters. The minimum atomic E-state index is -0.136. The van der Waals surface area contributed by atoms with Crippen molar-refractivity contribution in [1.82, 2.24) is 10.4 Å². The molecule has 88 valence electrons. The number of rotatable bonds is 5. The highest BCUT2D eigenvalue weighted by Crippen LogP contribution is 2.25. The quantitative estimate of drug-likeness (QED) is 0.308. The summed E-state index contributed by atoms with van der Waals surface area (Å²) in [5, 5.41) is 0.336. The van der Waals surface area contributed by atoms with Gasteiger partial charge in [0.25, 0.3) is 0 Å². The summed E-state index contributed by atoms with van der Waals surface area (Å²) in [6, 6.07) is 3.69. The topological polar surface area (TPSA) is 94.0 Å². The molecule has 1 amide bonds. The molecule has 5 N–H and O–H groups in total. The largest absolute Gasteiger partial charge is 0.384 e. The first kappa shape index (κ1) is 12.8. The fourth-order valence-electron chi connectivity index (χ4n) is 1.16. The molecule has 0 saturated heterocycles. The fourth-order valence-corrected chi connectivity index (χ4v) is 2.12. The van der Waals surface area contributed by atoms with Gasteiger partial charge in [-0.2, -0.15) is 0 Å². The van der Waals surface area contributed by atoms with E-state index in [1.54, 1.807) is 24.0 Å². The summed E-state index contributed by atoms with van der Waals surface area (Å²) < 4.78 is 0. The summed E-state index contributed by atoms with van der Waals surface area (Å²) in [7, 11) is 0. The molecule has 0 spiro atoms. The number of nitrogens with zero attached hydrogens (tertiary/aromatic N) is 1. The lowest BCUT2D eigenvalue weighted by Crippen LogP contribution is -2.30. The lowest BCUT2D eigenvalue weighted by atomic mass is 10.2. The molecule has 1 aromatic heterocycles. The Kier molecular flexibility index (Phi) is 5.07. The van der Waals surface area contributed by atoms with Crippen molar-refractivity contribution in [1.29, 1.82) is 0 Å². The van der Waals surface area contributed by atoms with Crippen LogP contribution in [-0.2, 0) is 4.79 Å². The average molecular weight is 240 g/mol. The van der Waals surface area contributed by atoms with Crippen molar-refractivity contribution in [3.63, 3.8) is 0 Å². The Morgan fingerprint density at radius 3 is 2.94 bits per heavy atom. The predicted molar refractivity (Wildman–Crippen MR) is 65.5 cm³/mol. The lowest BCUT2D eigenvalue weighted by Gasteiger charge is -2.10. The standard InChI is InChI=1S/C10H16N4OS/c1-7(2-5-10(15)14-12)16-8-3-4-9(11)13-6-8/h3-4,6-7H,2,5,12H2,1H3,(H2,11,13)(H,14,15). The first-order valence-electron chi connectivity index (χ1n) is 4.99. The number of aromatic nitrogens is 1. The van der Waals surface area contributed by atoms with E-state index < -0.39 is 0 Å². The van der Waals surface area contributed by atoms with E-state index in [0.717, 1.165) is 11.3 Å². The van der Waals surface area contributed by atoms with Gasteiger partial charge in [-0.1, -0.05) is 6.92 Å². The SMILES string of the molecule is CC(CCC(=O)NN)Sc1ccc(N)nc1. The normalized spacial score (nSPS) is 12.1. The van der Waals surface area contributed by atoms with Crippen molar-refractivity contribution in [2.24, 2.45) is 5.84 Å². The number of hydrazine groups is 1. The van der Waals surface area contributed by atoms with Gasteiger partial charge in [-0.15, -0.1) is 11.8 Å². The number of anilines is 1. The van der Waals surface area contributed by atoms with Crippen LogP contribution in [0.25, 0.3) is 0 Å². The zero-order valence-electron chi connectivity index (χ0n) is 9.14. The van der Waals surface area contributed by atoms with E-state index in [0.29, 0.717) is 17.5 Å². The number of amides is 1. The smallest absolute Gasteiger partial charge is 0.233 e. The Hall–Kier alpha value is -1.27. The van der Waals surface area contributed by atoms with Crippen LogP contribution in [-0.4, -0.2) is 16.1 Å². The van der Waals surface area contributed by atoms with Gasteiger partial charge in [-0.3, -0.25) is 10.2 Å². The summed E-state index contributed by atoms with van der Waals surface area (Å²) in [4.78, 5) is 16.0. The molecule has 0 saturated carbocycles. The van der Waals surface area contributed by atoms with Crippen LogP contribution in [0.15, 0.2) is 23.2 Å². The number of nitrogens with two attached hydrogens (primary N) is 2. The maximum atomic E-state index is 10.9. The molecule has 1 aromatic rings. The van der Waals surface area contributed by atoms with Gasteiger partial charge in [0, 0.05) is 22.8 Å². The second-order valence-corrected chi connectivity index (χ2v) is 4.97. The minimum Gasteiger partial charge on any atom is -0.384 e. The second-order valence-electron chi connectivity index (χ2n) is 3.45. The molecule has 5 nitrogen and oxygen atoms in total. The highest BCUT2D eigenvalue weighted by Gasteiger charge is 2.07. The zero-order chi connectivity index (χ0) is 12.0. The Bertz CT molecular complexity index is 341. The van der Waals surface area contributed by atoms with Crippen LogP contribution in [0.4, 0.5) is 5.82 Å². The molecule has 0 bridgehead atoms. The summed E-state index contributed by atoms with van der Waals surface area (Å²) >= 11 is 1.67. The zero-order valence-corrected chi connectivity index (χ0v) is 9.96. The van der Waals surface area contributed by atoms with Crippen molar-refractivity contribution < 1.29 is 4.79 Å². The lowest BCUT2D eigenvalue weighted by molar-refractivity contribution is -0.121. The van der Waals surface area contributed by atoms with E-state index in [1.807, 2.05) is 6.07 Å². The van der Waals surface area contributed by atoms with Crippen LogP contribution in [0.5, 0.6) is 0 Å². The molecule has 1 rings (SSSR count). The molecular formula is C10H16N4OS. The third-order valence-electron chi connectivity index (χ3n) is 2.04. The molecule has 0 aliphatic rings. The van der Waals surface area contributed by atoms with Crippen LogP contribution in [0, 0.1) is 0 Å². The molecule has 1 heterocycles. The van der Waals surface area contributed by atoms with Crippen molar-refractivity contribution in [3.8, 4) is 0 Å². The molecule has 6 heteroatoms. The maximum absolute atomic E-state index is 10.9. The average Bonchev–Trinajstić information content (AvgIpc) is 2.29. The third-order valence-corrected chi connectivity index (χ3v) is 3.19. The molecule has 0 fully saturated rings. The van der Waals surface area contributed by atoms with Gasteiger partial charge in [-0.25, -0.2) is 10.8 Å². The molecule has 1 unspecified atom stereocenters. The van der Waals surface area contributed by atoms with E-state index in [4.69, 9.17) is 11.6 Å². The minimum absolute atomic E-state index is 0.136. The fraction of sp³-hybridized carbons (Fsp3) is 0.400. The summed E-state index contributed by atoms with van der Waals surface area (Å²) in [6.07, 6.45) is 2.95. The van der Waals surface area contributed by atoms with E-state index in [1.165, 1.54) is 0 Å². The number of hydrogen-bond acceptors (Lipinski definition) is 5. The highest BCUT2D eigenvalue weighted by molar-refractivity contribution is 7.99. The van der Waals surface area contributed by atoms with Gasteiger partial charge in [0.2, 0.25) is 5.91 Å². The number of hydrogen-bond donors (Lipinski definition) is 3. The Balaban J connectivity index is 2.36. The first-order chi connectivity index (χ1) is 7.61. The van der Waals surface area contributed by atoms with E-state index in [-0.39, 0.29) is 5.91 Å². The van der Waals surface area contributed by atoms with Crippen molar-refractivity contribution in [2.45, 2.75) is 29.9 Å². The molecule has 0 aromatic carbocycles. The molecule has 0 aliphatic heterocycles. The number of nitrogen functional groups attached to an aromatic ring is 1. The number of carbonyl (C=O) groups is 1. The van der Waals surface area contributed by atoms with Gasteiger partial charge in [0.1, 0.15) is 5.82 Å². The van der Waals surface area contributed by atoms with Crippen LogP contribution < -0.4 is 17.0 Å². The Morgan fingerprint density at radius 2 is 2.38 bits per heavy atom. The molecule has 16 heavy (non-hydrogen) atoms.